The summed E-state index contributed by atoms with van der Waals surface area (Å²) in [6, 6.07) is 9.89. The van der Waals surface area contributed by atoms with Gasteiger partial charge in [0.15, 0.2) is 5.76 Å². The van der Waals surface area contributed by atoms with E-state index < -0.39 is 4.92 Å². The van der Waals surface area contributed by atoms with E-state index in [1.165, 1.54) is 12.1 Å². The van der Waals surface area contributed by atoms with Crippen molar-refractivity contribution in [1.82, 2.24) is 9.97 Å². The predicted molar refractivity (Wildman–Crippen MR) is 80.9 cm³/mol. The van der Waals surface area contributed by atoms with Gasteiger partial charge in [-0.1, -0.05) is 6.07 Å². The smallest absolute Gasteiger partial charge is 0.271 e. The van der Waals surface area contributed by atoms with E-state index in [1.807, 2.05) is 6.92 Å². The second kappa shape index (κ2) is 5.65. The van der Waals surface area contributed by atoms with E-state index in [1.54, 1.807) is 36.7 Å². The van der Waals surface area contributed by atoms with Crippen LogP contribution in [0.4, 0.5) is 17.3 Å². The number of hydrogen-bond donors (Lipinski definition) is 1. The van der Waals surface area contributed by atoms with Crippen LogP contribution < -0.4 is 5.32 Å². The van der Waals surface area contributed by atoms with Gasteiger partial charge in [-0.05, 0) is 30.7 Å². The van der Waals surface area contributed by atoms with Crippen molar-refractivity contribution in [2.75, 3.05) is 5.32 Å². The van der Waals surface area contributed by atoms with E-state index in [-0.39, 0.29) is 5.69 Å². The number of aryl methyl sites for hydroxylation is 1. The molecule has 22 heavy (non-hydrogen) atoms. The second-order valence-corrected chi connectivity index (χ2v) is 4.62. The van der Waals surface area contributed by atoms with E-state index in [2.05, 4.69) is 15.3 Å². The standard InChI is InChI=1S/C15H12N4O3/c1-10-4-5-11(19(20)21)9-13(10)18-15-16-7-6-12(17-15)14-3-2-8-22-14/h2-9H,1H3,(H,16,17,18). The molecule has 0 amide bonds. The largest absolute Gasteiger partial charge is 0.463 e. The van der Waals surface area contributed by atoms with Crippen LogP contribution in [0.15, 0.2) is 53.3 Å². The zero-order valence-corrected chi connectivity index (χ0v) is 11.7. The van der Waals surface area contributed by atoms with E-state index in [4.69, 9.17) is 4.42 Å². The maximum Gasteiger partial charge on any atom is 0.271 e. The number of nitro benzene ring substituents is 1. The van der Waals surface area contributed by atoms with Gasteiger partial charge in [0.25, 0.3) is 5.69 Å². The third-order valence-corrected chi connectivity index (χ3v) is 3.11. The summed E-state index contributed by atoms with van der Waals surface area (Å²) in [5, 5.41) is 13.9. The summed E-state index contributed by atoms with van der Waals surface area (Å²) in [6.45, 7) is 1.85. The first-order chi connectivity index (χ1) is 10.6. The summed E-state index contributed by atoms with van der Waals surface area (Å²) >= 11 is 0. The molecule has 0 saturated carbocycles. The molecule has 0 aliphatic carbocycles. The van der Waals surface area contributed by atoms with Gasteiger partial charge in [-0.25, -0.2) is 9.97 Å². The molecule has 1 aromatic carbocycles. The number of nitro groups is 1. The Bertz CT molecular complexity index is 815. The van der Waals surface area contributed by atoms with E-state index in [0.717, 1.165) is 5.56 Å². The highest BCUT2D eigenvalue weighted by Crippen LogP contribution is 2.25. The summed E-state index contributed by atoms with van der Waals surface area (Å²) in [5.74, 6) is 0.971. The van der Waals surface area contributed by atoms with Crippen LogP contribution in [0.25, 0.3) is 11.5 Å². The third-order valence-electron chi connectivity index (χ3n) is 3.11. The van der Waals surface area contributed by atoms with Crippen molar-refractivity contribution in [1.29, 1.82) is 0 Å². The van der Waals surface area contributed by atoms with Crippen molar-refractivity contribution in [3.8, 4) is 11.5 Å². The lowest BCUT2D eigenvalue weighted by Crippen LogP contribution is -2.00. The van der Waals surface area contributed by atoms with Crippen LogP contribution in [0.1, 0.15) is 5.56 Å². The number of anilines is 2. The van der Waals surface area contributed by atoms with Crippen molar-refractivity contribution in [2.45, 2.75) is 6.92 Å². The number of non-ortho nitro benzene ring substituents is 1. The Labute approximate surface area is 125 Å². The van der Waals surface area contributed by atoms with Gasteiger partial charge >= 0.3 is 0 Å². The Kier molecular flexibility index (Phi) is 3.53. The van der Waals surface area contributed by atoms with Crippen molar-refractivity contribution in [3.05, 3.63) is 64.5 Å². The number of nitrogens with one attached hydrogen (secondary N) is 1. The molecule has 0 aliphatic heterocycles. The maximum atomic E-state index is 10.9. The minimum atomic E-state index is -0.440. The normalized spacial score (nSPS) is 10.4. The third kappa shape index (κ3) is 2.78. The molecular formula is C15H12N4O3. The van der Waals surface area contributed by atoms with Gasteiger partial charge in [0.2, 0.25) is 5.95 Å². The molecule has 2 aromatic heterocycles. The van der Waals surface area contributed by atoms with Crippen LogP contribution in [0.5, 0.6) is 0 Å². The second-order valence-electron chi connectivity index (χ2n) is 4.62. The molecule has 7 heteroatoms. The SMILES string of the molecule is Cc1ccc([N+](=O)[O-])cc1Nc1nccc(-c2ccco2)n1. The number of aromatic nitrogens is 2. The Hall–Kier alpha value is -3.22. The molecule has 0 spiro atoms. The lowest BCUT2D eigenvalue weighted by Gasteiger charge is -2.08. The van der Waals surface area contributed by atoms with E-state index >= 15 is 0 Å². The van der Waals surface area contributed by atoms with E-state index in [0.29, 0.717) is 23.1 Å². The lowest BCUT2D eigenvalue weighted by atomic mass is 10.2. The minimum absolute atomic E-state index is 0.00953. The topological polar surface area (TPSA) is 94.1 Å². The molecule has 0 radical (unpaired) electrons. The van der Waals surface area contributed by atoms with Crippen LogP contribution in [0.3, 0.4) is 0 Å². The molecule has 1 N–H and O–H groups in total. The predicted octanol–water partition coefficient (Wildman–Crippen LogP) is 3.70. The maximum absolute atomic E-state index is 10.9. The molecule has 0 unspecified atom stereocenters. The summed E-state index contributed by atoms with van der Waals surface area (Å²) in [4.78, 5) is 18.9. The van der Waals surface area contributed by atoms with Crippen LogP contribution in [-0.4, -0.2) is 14.9 Å². The Balaban J connectivity index is 1.92. The average Bonchev–Trinajstić information content (AvgIpc) is 3.04. The van der Waals surface area contributed by atoms with Crippen molar-refractivity contribution in [3.63, 3.8) is 0 Å². The molecule has 110 valence electrons. The Morgan fingerprint density at radius 1 is 1.27 bits per heavy atom. The van der Waals surface area contributed by atoms with Gasteiger partial charge in [-0.15, -0.1) is 0 Å². The van der Waals surface area contributed by atoms with Gasteiger partial charge in [-0.2, -0.15) is 0 Å². The zero-order valence-electron chi connectivity index (χ0n) is 11.7. The van der Waals surface area contributed by atoms with Crippen molar-refractivity contribution >= 4 is 17.3 Å². The molecule has 0 aliphatic rings. The summed E-state index contributed by atoms with van der Waals surface area (Å²) in [5.41, 5.74) is 2.09. The van der Waals surface area contributed by atoms with Gasteiger partial charge in [-0.3, -0.25) is 10.1 Å². The number of rotatable bonds is 4. The van der Waals surface area contributed by atoms with Crippen molar-refractivity contribution < 1.29 is 9.34 Å². The van der Waals surface area contributed by atoms with Crippen molar-refractivity contribution in [2.24, 2.45) is 0 Å². The van der Waals surface area contributed by atoms with Gasteiger partial charge < -0.3 is 9.73 Å². The molecule has 0 bridgehead atoms. The van der Waals surface area contributed by atoms with Gasteiger partial charge in [0.05, 0.1) is 16.9 Å². The first kappa shape index (κ1) is 13.7. The Morgan fingerprint density at radius 2 is 2.14 bits per heavy atom. The molecule has 0 atom stereocenters. The van der Waals surface area contributed by atoms with Gasteiger partial charge in [0, 0.05) is 18.3 Å². The molecule has 3 aromatic rings. The monoisotopic (exact) mass is 296 g/mol. The number of hydrogen-bond acceptors (Lipinski definition) is 6. The number of furan rings is 1. The number of nitrogens with zero attached hydrogens (tertiary/aromatic N) is 3. The zero-order chi connectivity index (χ0) is 15.5. The van der Waals surface area contributed by atoms with Crippen LogP contribution in [0.2, 0.25) is 0 Å². The molecule has 2 heterocycles. The fourth-order valence-corrected chi connectivity index (χ4v) is 1.96. The lowest BCUT2D eigenvalue weighted by molar-refractivity contribution is -0.384. The fourth-order valence-electron chi connectivity index (χ4n) is 1.96. The quantitative estimate of drug-likeness (QED) is 0.582. The minimum Gasteiger partial charge on any atom is -0.463 e. The van der Waals surface area contributed by atoms with Crippen LogP contribution in [-0.2, 0) is 0 Å². The highest BCUT2D eigenvalue weighted by molar-refractivity contribution is 5.63. The molecule has 0 saturated heterocycles. The van der Waals surface area contributed by atoms with E-state index in [9.17, 15) is 10.1 Å². The fraction of sp³-hybridized carbons (Fsp3) is 0.0667. The summed E-state index contributed by atoms with van der Waals surface area (Å²) < 4.78 is 5.29. The first-order valence-electron chi connectivity index (χ1n) is 6.52. The summed E-state index contributed by atoms with van der Waals surface area (Å²) in [7, 11) is 0. The first-order valence-corrected chi connectivity index (χ1v) is 6.52. The summed E-state index contributed by atoms with van der Waals surface area (Å²) in [6.07, 6.45) is 3.16. The van der Waals surface area contributed by atoms with Gasteiger partial charge in [0.1, 0.15) is 5.69 Å². The molecule has 0 fully saturated rings. The molecular weight excluding hydrogens is 284 g/mol. The highest BCUT2D eigenvalue weighted by atomic mass is 16.6. The highest BCUT2D eigenvalue weighted by Gasteiger charge is 2.10. The van der Waals surface area contributed by atoms with Crippen LogP contribution >= 0.6 is 0 Å². The molecule has 7 nitrogen and oxygen atoms in total. The van der Waals surface area contributed by atoms with Crippen LogP contribution in [0, 0.1) is 17.0 Å². The number of benzene rings is 1. The average molecular weight is 296 g/mol. The molecule has 3 rings (SSSR count). The Morgan fingerprint density at radius 3 is 2.86 bits per heavy atom.